The molecular formula is C41H35F3INO3. The summed E-state index contributed by atoms with van der Waals surface area (Å²) in [5.74, 6) is -0.506. The van der Waals surface area contributed by atoms with E-state index in [1.165, 1.54) is 26.6 Å². The number of halogens is 4. The number of nitrogen functional groups attached to an aromatic ring is 1. The Morgan fingerprint density at radius 3 is 1.78 bits per heavy atom. The minimum absolute atomic E-state index is 0.0524. The summed E-state index contributed by atoms with van der Waals surface area (Å²) in [6.07, 6.45) is -2.16. The first-order valence-corrected chi connectivity index (χ1v) is 18.7. The van der Waals surface area contributed by atoms with Crippen LogP contribution in [0.25, 0.3) is 55.3 Å². The molecule has 0 aliphatic rings. The van der Waals surface area contributed by atoms with E-state index in [4.69, 9.17) is 10.5 Å². The van der Waals surface area contributed by atoms with Gasteiger partial charge in [-0.3, -0.25) is 0 Å². The number of aromatic carboxylic acids is 1. The van der Waals surface area contributed by atoms with E-state index >= 15 is 0 Å². The first-order chi connectivity index (χ1) is 23.6. The van der Waals surface area contributed by atoms with Gasteiger partial charge in [-0.15, -0.1) is 0 Å². The Labute approximate surface area is 293 Å². The maximum absolute atomic E-state index is 13.7. The summed E-state index contributed by atoms with van der Waals surface area (Å²) in [5.41, 5.74) is 11.8. The molecule has 0 atom stereocenters. The number of unbranched alkanes of at least 4 members (excludes halogenated alkanes) is 1. The second-order valence-electron chi connectivity index (χ2n) is 11.7. The van der Waals surface area contributed by atoms with Gasteiger partial charge in [-0.05, 0) is 0 Å². The molecule has 0 fully saturated rings. The van der Waals surface area contributed by atoms with Gasteiger partial charge in [0, 0.05) is 0 Å². The van der Waals surface area contributed by atoms with Gasteiger partial charge in [0.1, 0.15) is 0 Å². The van der Waals surface area contributed by atoms with Crippen LogP contribution in [0, 0.1) is 3.57 Å². The molecule has 6 rings (SSSR count). The molecule has 0 aromatic heterocycles. The topological polar surface area (TPSA) is 72.5 Å². The van der Waals surface area contributed by atoms with Crippen molar-refractivity contribution in [2.75, 3.05) is 17.3 Å². The molecule has 0 unspecified atom stereocenters. The standard InChI is InChI=1S/C41H35F3INO3/c1-3-4-22-45-30-18-12-27(13-19-30)36-32-23-34(40(47)48)35(46)24-33(32)37(26-10-16-29(17-11-26)41(42,43)44)38(25-8-6-5-7-9-25)39(36)28-14-20-31(49-2)21-15-28/h5-21,23-24,45H,3-4,22,46H2,1-2H3,(H,47,48). The zero-order valence-corrected chi connectivity index (χ0v) is 29.3. The van der Waals surface area contributed by atoms with Gasteiger partial charge in [0.05, 0.1) is 0 Å². The van der Waals surface area contributed by atoms with Crippen molar-refractivity contribution in [3.05, 3.63) is 130 Å². The fraction of sp³-hybridized carbons (Fsp3) is 0.146. The van der Waals surface area contributed by atoms with Gasteiger partial charge < -0.3 is 0 Å². The second kappa shape index (κ2) is 14.3. The molecule has 0 bridgehead atoms. The first-order valence-electron chi connectivity index (χ1n) is 15.9. The molecule has 6 aromatic rings. The predicted octanol–water partition coefficient (Wildman–Crippen LogP) is 11.5. The van der Waals surface area contributed by atoms with Crippen molar-refractivity contribution < 1.29 is 27.8 Å². The van der Waals surface area contributed by atoms with Crippen LogP contribution in [0.4, 0.5) is 18.9 Å². The Bertz CT molecular complexity index is 2110. The molecule has 250 valence electrons. The number of hydrogen-bond acceptors (Lipinski definition) is 3. The third-order valence-corrected chi connectivity index (χ3v) is 11.7. The summed E-state index contributed by atoms with van der Waals surface area (Å²) < 4.78 is 49.2. The summed E-state index contributed by atoms with van der Waals surface area (Å²) in [6.45, 7) is 2.19. The van der Waals surface area contributed by atoms with Crippen molar-refractivity contribution in [3.8, 4) is 50.3 Å². The van der Waals surface area contributed by atoms with Crippen LogP contribution in [-0.4, -0.2) is 22.6 Å². The van der Waals surface area contributed by atoms with Crippen LogP contribution < -0.4 is 10.5 Å². The van der Waals surface area contributed by atoms with Gasteiger partial charge >= 0.3 is 282 Å². The summed E-state index contributed by atoms with van der Waals surface area (Å²) in [7, 11) is 1.59. The molecule has 3 N–H and O–H groups in total. The molecule has 0 aliphatic carbocycles. The number of carbonyl (C=O) groups is 1. The van der Waals surface area contributed by atoms with E-state index in [9.17, 15) is 23.1 Å². The molecule has 4 nitrogen and oxygen atoms in total. The van der Waals surface area contributed by atoms with E-state index in [-0.39, 0.29) is 32.5 Å². The molecule has 0 saturated heterocycles. The second-order valence-corrected chi connectivity index (χ2v) is 15.0. The fourth-order valence-corrected chi connectivity index (χ4v) is 9.00. The normalized spacial score (nSPS) is 11.6. The number of carboxylic acids is 1. The molecule has 0 radical (unpaired) electrons. The number of alkyl halides is 4. The molecule has 6 aromatic carbocycles. The van der Waals surface area contributed by atoms with Crippen LogP contribution in [0.15, 0.2) is 115 Å². The van der Waals surface area contributed by atoms with Crippen molar-refractivity contribution in [3.63, 3.8) is 0 Å². The van der Waals surface area contributed by atoms with E-state index in [0.29, 0.717) is 27.6 Å². The summed E-state index contributed by atoms with van der Waals surface area (Å²) in [5, 5.41) is 11.5. The molecule has 0 spiro atoms. The molecule has 0 amide bonds. The quantitative estimate of drug-likeness (QED) is 0.0629. The van der Waals surface area contributed by atoms with Crippen LogP contribution in [0.1, 0.15) is 35.7 Å². The van der Waals surface area contributed by atoms with Crippen LogP contribution in [0.5, 0.6) is 5.75 Å². The Morgan fingerprint density at radius 2 is 1.24 bits per heavy atom. The molecule has 49 heavy (non-hydrogen) atoms. The Balaban J connectivity index is 1.80. The zero-order valence-electron chi connectivity index (χ0n) is 27.0. The molecule has 8 heteroatoms. The average Bonchev–Trinajstić information content (AvgIpc) is 3.11. The third-order valence-electron chi connectivity index (χ3n) is 8.56. The number of benzene rings is 6. The molecular weight excluding hydrogens is 738 g/mol. The Hall–Kier alpha value is -4.83. The Morgan fingerprint density at radius 1 is 0.735 bits per heavy atom. The SMILES string of the molecule is CCCC[IH]c1ccc(-c2c(-c3ccc(OC)cc3)c(-c3ccccc3)c(-c3ccc(C(F)(F)F)cc3)c3cc(N)c(C(=O)O)cc23)cc1. The van der Waals surface area contributed by atoms with E-state index in [2.05, 4.69) is 31.2 Å². The van der Waals surface area contributed by atoms with Crippen molar-refractivity contribution in [1.29, 1.82) is 0 Å². The van der Waals surface area contributed by atoms with Gasteiger partial charge in [-0.25, -0.2) is 0 Å². The maximum atomic E-state index is 13.7. The van der Waals surface area contributed by atoms with Crippen LogP contribution in [0.2, 0.25) is 0 Å². The van der Waals surface area contributed by atoms with Gasteiger partial charge in [-0.1, -0.05) is 0 Å². The van der Waals surface area contributed by atoms with E-state index in [1.807, 2.05) is 54.6 Å². The third kappa shape index (κ3) is 7.01. The Kier molecular flexibility index (Phi) is 9.96. The van der Waals surface area contributed by atoms with Crippen molar-refractivity contribution in [2.45, 2.75) is 25.9 Å². The number of fused-ring (bicyclic) bond motifs is 1. The van der Waals surface area contributed by atoms with Crippen LogP contribution in [0.3, 0.4) is 0 Å². The van der Waals surface area contributed by atoms with Gasteiger partial charge in [0.25, 0.3) is 0 Å². The monoisotopic (exact) mass is 773 g/mol. The van der Waals surface area contributed by atoms with Crippen molar-refractivity contribution in [2.24, 2.45) is 0 Å². The first kappa shape index (κ1) is 34.0. The fourth-order valence-electron chi connectivity index (χ4n) is 6.15. The summed E-state index contributed by atoms with van der Waals surface area (Å²) in [6, 6.07) is 34.2. The minimum atomic E-state index is -4.51. The number of methoxy groups -OCH3 is 1. The number of hydrogen-bond donors (Lipinski definition) is 2. The van der Waals surface area contributed by atoms with E-state index < -0.39 is 17.7 Å². The average molecular weight is 774 g/mol. The van der Waals surface area contributed by atoms with Gasteiger partial charge in [0.15, 0.2) is 0 Å². The molecule has 0 heterocycles. The predicted molar refractivity (Wildman–Crippen MR) is 203 cm³/mol. The number of nitrogens with two attached hydrogens (primary N) is 1. The molecule has 0 aliphatic heterocycles. The number of anilines is 1. The summed E-state index contributed by atoms with van der Waals surface area (Å²) in [4.78, 5) is 12.5. The van der Waals surface area contributed by atoms with Crippen molar-refractivity contribution in [1.82, 2.24) is 0 Å². The number of carboxylic acid groups (broad SMARTS) is 1. The summed E-state index contributed by atoms with van der Waals surface area (Å²) >= 11 is -0.354. The van der Waals surface area contributed by atoms with E-state index in [0.717, 1.165) is 51.9 Å². The molecule has 0 saturated carbocycles. The zero-order chi connectivity index (χ0) is 34.7. The van der Waals surface area contributed by atoms with Gasteiger partial charge in [0.2, 0.25) is 0 Å². The van der Waals surface area contributed by atoms with E-state index in [1.54, 1.807) is 19.2 Å². The number of rotatable bonds is 10. The number of ether oxygens (including phenoxy) is 1. The van der Waals surface area contributed by atoms with Crippen LogP contribution >= 0.6 is 21.2 Å². The van der Waals surface area contributed by atoms with Crippen LogP contribution in [-0.2, 0) is 6.18 Å². The van der Waals surface area contributed by atoms with Crippen molar-refractivity contribution >= 4 is 43.6 Å². The van der Waals surface area contributed by atoms with Gasteiger partial charge in [-0.2, -0.15) is 13.2 Å².